The molecular weight excluding hydrogens is 594 g/mol. The number of thioether (sulfide) groups is 1. The van der Waals surface area contributed by atoms with Crippen LogP contribution < -0.4 is 0 Å². The Hall–Kier alpha value is -3.79. The summed E-state index contributed by atoms with van der Waals surface area (Å²) in [6.07, 6.45) is 0. The van der Waals surface area contributed by atoms with Gasteiger partial charge in [-0.05, 0) is 37.3 Å². The lowest BCUT2D eigenvalue weighted by molar-refractivity contribution is -0.407. The molecule has 15 heteroatoms. The van der Waals surface area contributed by atoms with Crippen molar-refractivity contribution in [1.29, 1.82) is 0 Å². The molecule has 0 heterocycles. The molecule has 0 aliphatic rings. The number of hydrogen-bond donors (Lipinski definition) is 1. The van der Waals surface area contributed by atoms with E-state index in [2.05, 4.69) is 81.4 Å². The van der Waals surface area contributed by atoms with Crippen LogP contribution in [0, 0.1) is 30.3 Å². The second kappa shape index (κ2) is 15.3. The molecular formula is C26H28N3O9S3+. The van der Waals surface area contributed by atoms with E-state index in [-0.39, 0.29) is 12.1 Å². The summed E-state index contributed by atoms with van der Waals surface area (Å²) in [7, 11) is -5.00. The molecule has 0 aliphatic carbocycles. The van der Waals surface area contributed by atoms with Crippen LogP contribution in [0.4, 0.5) is 17.1 Å². The van der Waals surface area contributed by atoms with E-state index >= 15 is 0 Å². The van der Waals surface area contributed by atoms with Gasteiger partial charge in [-0.3, -0.25) is 34.9 Å². The van der Waals surface area contributed by atoms with Crippen molar-refractivity contribution in [2.45, 2.75) is 25.7 Å². The van der Waals surface area contributed by atoms with E-state index in [4.69, 9.17) is 4.55 Å². The molecule has 0 amide bonds. The summed E-state index contributed by atoms with van der Waals surface area (Å²) in [4.78, 5) is 29.1. The minimum Gasteiger partial charge on any atom is -0.281 e. The zero-order valence-corrected chi connectivity index (χ0v) is 24.8. The number of nitrogens with zero attached hydrogens (tertiary/aromatic N) is 3. The Morgan fingerprint density at radius 1 is 0.780 bits per heavy atom. The van der Waals surface area contributed by atoms with Crippen LogP contribution in [0.3, 0.4) is 0 Å². The Bertz CT molecular complexity index is 1490. The first-order valence-corrected chi connectivity index (χ1v) is 16.1. The highest BCUT2D eigenvalue weighted by atomic mass is 32.2. The highest BCUT2D eigenvalue weighted by Gasteiger charge is 2.37. The van der Waals surface area contributed by atoms with E-state index in [1.165, 1.54) is 27.5 Å². The quantitative estimate of drug-likeness (QED) is 0.0805. The normalized spacial score (nSPS) is 11.7. The third-order valence-corrected chi connectivity index (χ3v) is 9.94. The lowest BCUT2D eigenvalue weighted by Crippen LogP contribution is -2.11. The highest BCUT2D eigenvalue weighted by Crippen LogP contribution is 2.40. The minimum atomic E-state index is -5.30. The van der Waals surface area contributed by atoms with Crippen LogP contribution in [-0.2, 0) is 21.0 Å². The summed E-state index contributed by atoms with van der Waals surface area (Å²) in [5, 5.41) is 31.7. The molecule has 3 rings (SSSR count). The summed E-state index contributed by atoms with van der Waals surface area (Å²) in [6, 6.07) is 22.2. The van der Waals surface area contributed by atoms with Crippen molar-refractivity contribution < 1.29 is 27.7 Å². The molecule has 41 heavy (non-hydrogen) atoms. The smallest absolute Gasteiger partial charge is 0.281 e. The molecule has 0 aromatic heterocycles. The predicted octanol–water partition coefficient (Wildman–Crippen LogP) is 6.58. The van der Waals surface area contributed by atoms with Crippen LogP contribution in [0.25, 0.3) is 9.81 Å². The van der Waals surface area contributed by atoms with Crippen molar-refractivity contribution in [2.75, 3.05) is 17.3 Å². The maximum atomic E-state index is 10.9. The van der Waals surface area contributed by atoms with E-state index in [1.807, 2.05) is 11.8 Å². The number of nitro benzene ring substituents is 3. The molecule has 3 aromatic rings. The molecule has 0 spiro atoms. The van der Waals surface area contributed by atoms with Crippen LogP contribution in [0.5, 0.6) is 0 Å². The summed E-state index contributed by atoms with van der Waals surface area (Å²) < 4.78 is 30.7. The van der Waals surface area contributed by atoms with Crippen LogP contribution in [-0.4, -0.2) is 45.0 Å². The van der Waals surface area contributed by atoms with Crippen molar-refractivity contribution in [2.24, 2.45) is 0 Å². The summed E-state index contributed by atoms with van der Waals surface area (Å²) in [5.41, 5.74) is -1.22. The monoisotopic (exact) mass is 622 g/mol. The van der Waals surface area contributed by atoms with Crippen molar-refractivity contribution in [1.82, 2.24) is 0 Å². The maximum Gasteiger partial charge on any atom is 0.308 e. The number of hydrogen-bond acceptors (Lipinski definition) is 9. The Morgan fingerprint density at radius 2 is 1.22 bits per heavy atom. The van der Waals surface area contributed by atoms with Gasteiger partial charge in [-0.2, -0.15) is 8.42 Å². The molecule has 0 unspecified atom stereocenters. The SMILES string of the molecule is CCS/C(=C(\c1ccccc1)[S+](CC)CC)c1ccccc1.O=[N+]([O-])c1cc([N+](=O)[O-])c(S(=O)(=O)O)c([N+](=O)[O-])c1. The average Bonchev–Trinajstić information content (AvgIpc) is 2.95. The Labute approximate surface area is 244 Å². The van der Waals surface area contributed by atoms with Gasteiger partial charge in [0.15, 0.2) is 4.91 Å². The lowest BCUT2D eigenvalue weighted by atomic mass is 10.1. The van der Waals surface area contributed by atoms with E-state index in [1.54, 1.807) is 4.91 Å². The standard InChI is InChI=1S/C20H25S2.C6H3N3O9S/c1-4-21-19(17-13-9-7-10-14-17)20(22(5-2)6-3)18-15-11-8-12-16-18;10-7(11)3-1-4(8(12)13)6(19(16,17)18)5(2-3)9(14)15/h7-16H,4-6H2,1-3H3;1-2H,(H,16,17,18)/q+1;/b20-19+;. The molecule has 1 N–H and O–H groups in total. The second-order valence-electron chi connectivity index (χ2n) is 7.95. The fourth-order valence-corrected chi connectivity index (χ4v) is 7.75. The molecule has 0 saturated heterocycles. The number of rotatable bonds is 11. The molecule has 0 bridgehead atoms. The first-order valence-electron chi connectivity index (χ1n) is 12.1. The summed E-state index contributed by atoms with van der Waals surface area (Å²) >= 11 is 1.98. The van der Waals surface area contributed by atoms with Crippen LogP contribution in [0.15, 0.2) is 77.7 Å². The van der Waals surface area contributed by atoms with Crippen LogP contribution >= 0.6 is 11.8 Å². The van der Waals surface area contributed by atoms with Crippen LogP contribution in [0.2, 0.25) is 0 Å². The zero-order chi connectivity index (χ0) is 30.7. The molecule has 0 atom stereocenters. The van der Waals surface area contributed by atoms with Crippen molar-refractivity contribution in [3.63, 3.8) is 0 Å². The van der Waals surface area contributed by atoms with Gasteiger partial charge in [-0.15, -0.1) is 11.8 Å². The van der Waals surface area contributed by atoms with Gasteiger partial charge in [0.2, 0.25) is 4.90 Å². The van der Waals surface area contributed by atoms with Gasteiger partial charge in [-0.1, -0.05) is 55.5 Å². The number of benzene rings is 3. The number of nitro groups is 3. The van der Waals surface area contributed by atoms with Crippen molar-refractivity contribution >= 4 is 59.6 Å². The molecule has 0 saturated carbocycles. The lowest BCUT2D eigenvalue weighted by Gasteiger charge is -2.15. The molecule has 218 valence electrons. The van der Waals surface area contributed by atoms with Crippen LogP contribution in [0.1, 0.15) is 31.9 Å². The maximum absolute atomic E-state index is 10.9. The Balaban J connectivity index is 0.000000290. The molecule has 0 fully saturated rings. The second-order valence-corrected chi connectivity index (χ2v) is 13.1. The fourth-order valence-electron chi connectivity index (χ4n) is 3.75. The van der Waals surface area contributed by atoms with E-state index in [9.17, 15) is 38.8 Å². The average molecular weight is 623 g/mol. The third-order valence-electron chi connectivity index (χ3n) is 5.45. The highest BCUT2D eigenvalue weighted by molar-refractivity contribution is 8.12. The first-order chi connectivity index (χ1) is 19.4. The molecule has 3 aromatic carbocycles. The largest absolute Gasteiger partial charge is 0.308 e. The van der Waals surface area contributed by atoms with Gasteiger partial charge >= 0.3 is 21.5 Å². The predicted molar refractivity (Wildman–Crippen MR) is 162 cm³/mol. The van der Waals surface area contributed by atoms with Gasteiger partial charge in [0.25, 0.3) is 5.69 Å². The molecule has 12 nitrogen and oxygen atoms in total. The van der Waals surface area contributed by atoms with E-state index in [0.29, 0.717) is 10.9 Å². The minimum absolute atomic E-state index is 0.204. The topological polar surface area (TPSA) is 184 Å². The van der Waals surface area contributed by atoms with E-state index in [0.717, 1.165) is 5.75 Å². The van der Waals surface area contributed by atoms with Crippen molar-refractivity contribution in [3.05, 3.63) is 114 Å². The van der Waals surface area contributed by atoms with Gasteiger partial charge in [-0.25, -0.2) is 0 Å². The Kier molecular flexibility index (Phi) is 12.5. The first kappa shape index (κ1) is 33.4. The summed E-state index contributed by atoms with van der Waals surface area (Å²) in [6.45, 7) is 6.87. The Morgan fingerprint density at radius 3 is 1.56 bits per heavy atom. The molecule has 0 aliphatic heterocycles. The van der Waals surface area contributed by atoms with Gasteiger partial charge < -0.3 is 0 Å². The van der Waals surface area contributed by atoms with Crippen molar-refractivity contribution in [3.8, 4) is 0 Å². The van der Waals surface area contributed by atoms with E-state index < -0.39 is 46.8 Å². The molecule has 0 radical (unpaired) electrons. The third kappa shape index (κ3) is 8.85. The zero-order valence-electron chi connectivity index (χ0n) is 22.3. The van der Waals surface area contributed by atoms with Gasteiger partial charge in [0.1, 0.15) is 11.5 Å². The number of non-ortho nitro benzene ring substituents is 1. The van der Waals surface area contributed by atoms with Gasteiger partial charge in [0, 0.05) is 16.5 Å². The van der Waals surface area contributed by atoms with Gasteiger partial charge in [0.05, 0.1) is 31.8 Å². The fraction of sp³-hybridized carbons (Fsp3) is 0.231. The summed E-state index contributed by atoms with van der Waals surface area (Å²) in [5.74, 6) is 3.52.